The molecule has 0 aliphatic heterocycles. The molecule has 0 saturated carbocycles. The number of nitrogens with two attached hydrogens (primary N) is 1. The van der Waals surface area contributed by atoms with E-state index in [-0.39, 0.29) is 6.61 Å². The quantitative estimate of drug-likeness (QED) is 0.611. The topological polar surface area (TPSA) is 72.6 Å². The van der Waals surface area contributed by atoms with E-state index in [1.165, 1.54) is 4.90 Å². The Balaban J connectivity index is 2.58. The van der Waals surface area contributed by atoms with Gasteiger partial charge in [0.05, 0.1) is 6.61 Å². The van der Waals surface area contributed by atoms with Gasteiger partial charge in [0.25, 0.3) is 5.91 Å². The summed E-state index contributed by atoms with van der Waals surface area (Å²) in [6.45, 7) is 2.29. The largest absolute Gasteiger partial charge is 0.464 e. The molecule has 5 nitrogen and oxygen atoms in total. The van der Waals surface area contributed by atoms with Gasteiger partial charge in [-0.05, 0) is 12.5 Å². The average Bonchev–Trinajstić information content (AvgIpc) is 2.38. The lowest BCUT2D eigenvalue weighted by atomic mass is 10.2. The highest BCUT2D eigenvalue weighted by Crippen LogP contribution is 2.04. The summed E-state index contributed by atoms with van der Waals surface area (Å²) < 4.78 is 4.71. The summed E-state index contributed by atoms with van der Waals surface area (Å²) in [7, 11) is 1.61. The summed E-state index contributed by atoms with van der Waals surface area (Å²) in [5, 5.41) is 0. The van der Waals surface area contributed by atoms with Gasteiger partial charge < -0.3 is 15.4 Å². The molecule has 0 saturated heterocycles. The van der Waals surface area contributed by atoms with Crippen molar-refractivity contribution < 1.29 is 14.3 Å². The van der Waals surface area contributed by atoms with E-state index < -0.39 is 17.9 Å². The van der Waals surface area contributed by atoms with Crippen LogP contribution < -0.4 is 5.73 Å². The molecule has 0 spiro atoms. The number of likely N-dealkylation sites (N-methyl/N-ethyl adjacent to an activating group) is 1. The summed E-state index contributed by atoms with van der Waals surface area (Å²) in [6.07, 6.45) is 0. The number of hydrogen-bond acceptors (Lipinski definition) is 4. The van der Waals surface area contributed by atoms with E-state index in [1.807, 2.05) is 30.3 Å². The van der Waals surface area contributed by atoms with E-state index in [9.17, 15) is 9.59 Å². The molecule has 18 heavy (non-hydrogen) atoms. The number of amides is 1. The van der Waals surface area contributed by atoms with Crippen LogP contribution in [0.25, 0.3) is 0 Å². The maximum Gasteiger partial charge on any atom is 0.332 e. The first-order chi connectivity index (χ1) is 8.56. The Morgan fingerprint density at radius 3 is 2.50 bits per heavy atom. The molecule has 1 aromatic carbocycles. The summed E-state index contributed by atoms with van der Waals surface area (Å²) in [6, 6.07) is 8.23. The van der Waals surface area contributed by atoms with Crippen molar-refractivity contribution in [2.24, 2.45) is 5.73 Å². The number of carbonyl (C=O) groups is 2. The minimum absolute atomic E-state index is 0.211. The third-order valence-corrected chi connectivity index (χ3v) is 2.45. The van der Waals surface area contributed by atoms with Crippen LogP contribution in [0.15, 0.2) is 30.3 Å². The number of rotatable bonds is 5. The normalized spacial score (nSPS) is 11.7. The number of nitrogens with zero attached hydrogens (tertiary/aromatic N) is 1. The smallest absolute Gasteiger partial charge is 0.332 e. The van der Waals surface area contributed by atoms with E-state index in [1.54, 1.807) is 14.0 Å². The van der Waals surface area contributed by atoms with Crippen molar-refractivity contribution in [2.75, 3.05) is 13.7 Å². The Labute approximate surface area is 107 Å². The second-order valence-electron chi connectivity index (χ2n) is 3.91. The van der Waals surface area contributed by atoms with E-state index in [0.717, 1.165) is 5.56 Å². The van der Waals surface area contributed by atoms with Gasteiger partial charge in [0.15, 0.2) is 6.04 Å². The van der Waals surface area contributed by atoms with Gasteiger partial charge in [0, 0.05) is 13.6 Å². The van der Waals surface area contributed by atoms with Crippen LogP contribution in [0, 0.1) is 0 Å². The Kier molecular flexibility index (Phi) is 5.32. The van der Waals surface area contributed by atoms with Crippen LogP contribution in [0.1, 0.15) is 12.5 Å². The fraction of sp³-hybridized carbons (Fsp3) is 0.385. The Morgan fingerprint density at radius 2 is 1.94 bits per heavy atom. The highest BCUT2D eigenvalue weighted by molar-refractivity contribution is 6.01. The number of ether oxygens (including phenoxy) is 1. The number of esters is 1. The molecular formula is C13H18N2O3. The molecule has 1 atom stereocenters. The maximum atomic E-state index is 11.9. The number of carbonyl (C=O) groups excluding carboxylic acids is 2. The Hall–Kier alpha value is -1.88. The van der Waals surface area contributed by atoms with Crippen LogP contribution in [0.5, 0.6) is 0 Å². The summed E-state index contributed by atoms with van der Waals surface area (Å²) in [5.74, 6) is -1.14. The zero-order valence-electron chi connectivity index (χ0n) is 10.6. The van der Waals surface area contributed by atoms with Crippen molar-refractivity contribution in [3.63, 3.8) is 0 Å². The van der Waals surface area contributed by atoms with E-state index in [4.69, 9.17) is 10.5 Å². The molecule has 1 rings (SSSR count). The molecule has 1 unspecified atom stereocenters. The highest BCUT2D eigenvalue weighted by atomic mass is 16.5. The van der Waals surface area contributed by atoms with Crippen LogP contribution in [-0.4, -0.2) is 36.5 Å². The monoisotopic (exact) mass is 250 g/mol. The molecule has 0 aliphatic carbocycles. The minimum atomic E-state index is -1.25. The van der Waals surface area contributed by atoms with E-state index in [0.29, 0.717) is 6.54 Å². The van der Waals surface area contributed by atoms with Crippen LogP contribution in [-0.2, 0) is 20.9 Å². The van der Waals surface area contributed by atoms with Gasteiger partial charge in [-0.25, -0.2) is 4.79 Å². The fourth-order valence-corrected chi connectivity index (χ4v) is 1.51. The molecule has 5 heteroatoms. The van der Waals surface area contributed by atoms with Gasteiger partial charge in [0.1, 0.15) is 0 Å². The SMILES string of the molecule is CCOC(=O)C(N)C(=O)N(C)Cc1ccccc1. The average molecular weight is 250 g/mol. The Bertz CT molecular complexity index is 406. The maximum absolute atomic E-state index is 11.9. The molecule has 0 heterocycles. The van der Waals surface area contributed by atoms with Gasteiger partial charge in [0.2, 0.25) is 0 Å². The van der Waals surface area contributed by atoms with Crippen molar-refractivity contribution in [3.05, 3.63) is 35.9 Å². The van der Waals surface area contributed by atoms with Crippen molar-refractivity contribution >= 4 is 11.9 Å². The molecule has 0 fully saturated rings. The first-order valence-electron chi connectivity index (χ1n) is 5.77. The standard InChI is InChI=1S/C13H18N2O3/c1-3-18-13(17)11(14)12(16)15(2)9-10-7-5-4-6-8-10/h4-8,11H,3,9,14H2,1-2H3. The van der Waals surface area contributed by atoms with Crippen LogP contribution in [0.3, 0.4) is 0 Å². The summed E-state index contributed by atoms with van der Waals surface area (Å²) in [5.41, 5.74) is 6.51. The molecule has 1 aromatic rings. The van der Waals surface area contributed by atoms with Crippen LogP contribution in [0.2, 0.25) is 0 Å². The predicted octanol–water partition coefficient (Wildman–Crippen LogP) is 0.535. The van der Waals surface area contributed by atoms with Crippen molar-refractivity contribution in [2.45, 2.75) is 19.5 Å². The first-order valence-corrected chi connectivity index (χ1v) is 5.77. The molecular weight excluding hydrogens is 232 g/mol. The second-order valence-corrected chi connectivity index (χ2v) is 3.91. The lowest BCUT2D eigenvalue weighted by Crippen LogP contribution is -2.47. The van der Waals surface area contributed by atoms with Crippen molar-refractivity contribution in [1.82, 2.24) is 4.90 Å². The molecule has 1 amide bonds. The van der Waals surface area contributed by atoms with Gasteiger partial charge in [-0.3, -0.25) is 4.79 Å². The number of hydrogen-bond donors (Lipinski definition) is 1. The van der Waals surface area contributed by atoms with Gasteiger partial charge in [-0.15, -0.1) is 0 Å². The minimum Gasteiger partial charge on any atom is -0.464 e. The van der Waals surface area contributed by atoms with Crippen LogP contribution in [0.4, 0.5) is 0 Å². The Morgan fingerprint density at radius 1 is 1.33 bits per heavy atom. The van der Waals surface area contributed by atoms with E-state index >= 15 is 0 Å². The van der Waals surface area contributed by atoms with Crippen molar-refractivity contribution in [1.29, 1.82) is 0 Å². The predicted molar refractivity (Wildman–Crippen MR) is 67.5 cm³/mol. The highest BCUT2D eigenvalue weighted by Gasteiger charge is 2.26. The second kappa shape index (κ2) is 6.76. The zero-order valence-corrected chi connectivity index (χ0v) is 10.6. The summed E-state index contributed by atoms with van der Waals surface area (Å²) >= 11 is 0. The van der Waals surface area contributed by atoms with Crippen molar-refractivity contribution in [3.8, 4) is 0 Å². The molecule has 0 bridgehead atoms. The fourth-order valence-electron chi connectivity index (χ4n) is 1.51. The third kappa shape index (κ3) is 3.85. The molecule has 2 N–H and O–H groups in total. The van der Waals surface area contributed by atoms with Crippen LogP contribution >= 0.6 is 0 Å². The summed E-state index contributed by atoms with van der Waals surface area (Å²) in [4.78, 5) is 24.6. The van der Waals surface area contributed by atoms with Gasteiger partial charge in [-0.1, -0.05) is 30.3 Å². The molecule has 0 radical (unpaired) electrons. The van der Waals surface area contributed by atoms with Gasteiger partial charge >= 0.3 is 5.97 Å². The molecule has 98 valence electrons. The third-order valence-electron chi connectivity index (χ3n) is 2.45. The lowest BCUT2D eigenvalue weighted by Gasteiger charge is -2.20. The van der Waals surface area contributed by atoms with E-state index in [2.05, 4.69) is 0 Å². The molecule has 0 aliphatic rings. The lowest BCUT2D eigenvalue weighted by molar-refractivity contribution is -0.150. The zero-order chi connectivity index (χ0) is 13.5. The first kappa shape index (κ1) is 14.2. The van der Waals surface area contributed by atoms with Gasteiger partial charge in [-0.2, -0.15) is 0 Å². The molecule has 0 aromatic heterocycles. The number of benzene rings is 1.